The Balaban J connectivity index is 1.32. The first-order valence-corrected chi connectivity index (χ1v) is 13.8. The third kappa shape index (κ3) is 5.85. The molecule has 1 aromatic heterocycles. The number of carbonyl (C=O) groups is 2. The van der Waals surface area contributed by atoms with Crippen molar-refractivity contribution in [3.63, 3.8) is 0 Å². The fourth-order valence-electron chi connectivity index (χ4n) is 4.63. The number of nitrogens with zero attached hydrogens (tertiary/aromatic N) is 3. The number of aromatic nitrogens is 1. The van der Waals surface area contributed by atoms with Gasteiger partial charge in [0.15, 0.2) is 0 Å². The average Bonchev–Trinajstić information content (AvgIpc) is 3.30. The Morgan fingerprint density at radius 2 is 1.63 bits per heavy atom. The quantitative estimate of drug-likeness (QED) is 0.323. The summed E-state index contributed by atoms with van der Waals surface area (Å²) in [4.78, 5) is 30.9. The van der Waals surface area contributed by atoms with Gasteiger partial charge in [0, 0.05) is 47.7 Å². The Kier molecular flexibility index (Phi) is 7.96. The summed E-state index contributed by atoms with van der Waals surface area (Å²) in [7, 11) is 4.06. The summed E-state index contributed by atoms with van der Waals surface area (Å²) in [6, 6.07) is 29.2. The largest absolute Gasteiger partial charge is 0.345 e. The van der Waals surface area contributed by atoms with Crippen LogP contribution in [0.4, 0.5) is 11.4 Å². The third-order valence-electron chi connectivity index (χ3n) is 6.67. The van der Waals surface area contributed by atoms with Crippen LogP contribution in [0, 0.1) is 0 Å². The van der Waals surface area contributed by atoms with Gasteiger partial charge in [-0.05, 0) is 67.7 Å². The van der Waals surface area contributed by atoms with E-state index in [1.54, 1.807) is 23.9 Å². The minimum absolute atomic E-state index is 0.0635. The maximum atomic E-state index is 13.7. The highest BCUT2D eigenvalue weighted by Gasteiger charge is 2.25. The lowest BCUT2D eigenvalue weighted by Gasteiger charge is -2.23. The van der Waals surface area contributed by atoms with E-state index in [4.69, 9.17) is 0 Å². The summed E-state index contributed by atoms with van der Waals surface area (Å²) in [6.07, 6.45) is 2.05. The van der Waals surface area contributed by atoms with Crippen molar-refractivity contribution in [2.45, 2.75) is 18.3 Å². The van der Waals surface area contributed by atoms with Crippen LogP contribution in [0.2, 0.25) is 0 Å². The molecule has 2 amide bonds. The number of amides is 2. The molecule has 0 saturated carbocycles. The lowest BCUT2D eigenvalue weighted by Crippen LogP contribution is -2.30. The highest BCUT2D eigenvalue weighted by atomic mass is 32.2. The van der Waals surface area contributed by atoms with Gasteiger partial charge in [-0.3, -0.25) is 9.59 Å². The normalized spacial score (nSPS) is 13.4. The first-order valence-electron chi connectivity index (χ1n) is 12.8. The molecule has 0 fully saturated rings. The molecule has 1 N–H and O–H groups in total. The van der Waals surface area contributed by atoms with Crippen molar-refractivity contribution >= 4 is 35.0 Å². The minimum atomic E-state index is -0.317. The third-order valence-corrected chi connectivity index (χ3v) is 7.91. The highest BCUT2D eigenvalue weighted by Crippen LogP contribution is 2.31. The fourth-order valence-corrected chi connectivity index (χ4v) is 5.90. The number of rotatable bonds is 8. The van der Waals surface area contributed by atoms with Crippen LogP contribution in [0.3, 0.4) is 0 Å². The number of nitrogens with one attached hydrogen (secondary N) is 1. The maximum Gasteiger partial charge on any atom is 0.258 e. The number of para-hydroxylation sites is 1. The van der Waals surface area contributed by atoms with Crippen molar-refractivity contribution < 1.29 is 9.59 Å². The zero-order chi connectivity index (χ0) is 26.5. The zero-order valence-corrected chi connectivity index (χ0v) is 22.5. The van der Waals surface area contributed by atoms with Crippen molar-refractivity contribution in [2.24, 2.45) is 0 Å². The summed E-state index contributed by atoms with van der Waals surface area (Å²) < 4.78 is 2.18. The average molecular weight is 525 g/mol. The van der Waals surface area contributed by atoms with Crippen LogP contribution in [-0.2, 0) is 17.9 Å². The second-order valence-corrected chi connectivity index (χ2v) is 10.9. The van der Waals surface area contributed by atoms with Gasteiger partial charge in [-0.15, -0.1) is 11.8 Å². The van der Waals surface area contributed by atoms with E-state index in [0.29, 0.717) is 17.8 Å². The monoisotopic (exact) mass is 524 g/mol. The van der Waals surface area contributed by atoms with Gasteiger partial charge < -0.3 is 19.7 Å². The van der Waals surface area contributed by atoms with Crippen LogP contribution >= 0.6 is 11.8 Å². The molecule has 6 nitrogen and oxygen atoms in total. The van der Waals surface area contributed by atoms with Gasteiger partial charge in [0.25, 0.3) is 5.91 Å². The SMILES string of the molecule is CN(C)CCSC(C(=O)Nc1ccc(C(=O)N2Cc3cccn3Cc3ccccc32)cc1)c1ccccc1. The topological polar surface area (TPSA) is 57.6 Å². The van der Waals surface area contributed by atoms with Gasteiger partial charge in [0.1, 0.15) is 5.25 Å². The Morgan fingerprint density at radius 3 is 2.39 bits per heavy atom. The van der Waals surface area contributed by atoms with E-state index in [-0.39, 0.29) is 17.1 Å². The molecule has 38 heavy (non-hydrogen) atoms. The van der Waals surface area contributed by atoms with Crippen molar-refractivity contribution in [1.82, 2.24) is 9.47 Å². The predicted octanol–water partition coefficient (Wildman–Crippen LogP) is 5.67. The second kappa shape index (κ2) is 11.7. The van der Waals surface area contributed by atoms with Crippen LogP contribution in [0.15, 0.2) is 97.2 Å². The number of hydrogen-bond acceptors (Lipinski definition) is 4. The molecule has 3 aromatic carbocycles. The summed E-state index contributed by atoms with van der Waals surface area (Å²) in [5.74, 6) is 0.710. The standard InChI is InChI=1S/C31H32N4O2S/c1-33(2)19-20-38-29(23-9-4-3-5-10-23)30(36)32-26-16-14-24(15-17-26)31(37)35-22-27-12-8-18-34(27)21-25-11-6-7-13-28(25)35/h3-18,29H,19-22H2,1-2H3,(H,32,36). The maximum absolute atomic E-state index is 13.7. The lowest BCUT2D eigenvalue weighted by molar-refractivity contribution is -0.115. The van der Waals surface area contributed by atoms with E-state index < -0.39 is 0 Å². The first kappa shape index (κ1) is 25.8. The van der Waals surface area contributed by atoms with Crippen molar-refractivity contribution in [3.05, 3.63) is 120 Å². The molecule has 4 aromatic rings. The fraction of sp³-hybridized carbons (Fsp3) is 0.226. The summed E-state index contributed by atoms with van der Waals surface area (Å²) in [5, 5.41) is 2.74. The molecule has 0 aliphatic carbocycles. The molecule has 0 bridgehead atoms. The van der Waals surface area contributed by atoms with E-state index in [2.05, 4.69) is 33.1 Å². The van der Waals surface area contributed by atoms with Crippen molar-refractivity contribution in [2.75, 3.05) is 36.6 Å². The van der Waals surface area contributed by atoms with Gasteiger partial charge in [0.05, 0.1) is 6.54 Å². The Hall–Kier alpha value is -3.81. The van der Waals surface area contributed by atoms with Gasteiger partial charge in [-0.25, -0.2) is 0 Å². The number of hydrogen-bond donors (Lipinski definition) is 1. The van der Waals surface area contributed by atoms with Crippen LogP contribution in [0.1, 0.15) is 32.4 Å². The molecule has 0 saturated heterocycles. The number of carbonyl (C=O) groups excluding carboxylic acids is 2. The van der Waals surface area contributed by atoms with Crippen molar-refractivity contribution in [1.29, 1.82) is 0 Å². The van der Waals surface area contributed by atoms with Crippen LogP contribution in [0.5, 0.6) is 0 Å². The molecule has 0 spiro atoms. The molecular formula is C31H32N4O2S. The van der Waals surface area contributed by atoms with E-state index >= 15 is 0 Å². The van der Waals surface area contributed by atoms with Gasteiger partial charge in [-0.1, -0.05) is 48.5 Å². The predicted molar refractivity (Wildman–Crippen MR) is 156 cm³/mol. The summed E-state index contributed by atoms with van der Waals surface area (Å²) >= 11 is 1.63. The molecular weight excluding hydrogens is 492 g/mol. The number of fused-ring (bicyclic) bond motifs is 2. The van der Waals surface area contributed by atoms with E-state index in [9.17, 15) is 9.59 Å². The smallest absolute Gasteiger partial charge is 0.258 e. The highest BCUT2D eigenvalue weighted by molar-refractivity contribution is 8.00. The lowest BCUT2D eigenvalue weighted by atomic mass is 10.1. The molecule has 1 atom stereocenters. The van der Waals surface area contributed by atoms with Crippen LogP contribution < -0.4 is 10.2 Å². The first-order chi connectivity index (χ1) is 18.5. The molecule has 7 heteroatoms. The molecule has 194 valence electrons. The zero-order valence-electron chi connectivity index (χ0n) is 21.7. The molecule has 5 rings (SSSR count). The van der Waals surface area contributed by atoms with Crippen LogP contribution in [0.25, 0.3) is 0 Å². The molecule has 1 unspecified atom stereocenters. The van der Waals surface area contributed by atoms with Crippen molar-refractivity contribution in [3.8, 4) is 0 Å². The molecule has 1 aliphatic heterocycles. The number of anilines is 2. The molecule has 1 aliphatic rings. The molecule has 0 radical (unpaired) electrons. The van der Waals surface area contributed by atoms with Gasteiger partial charge in [0.2, 0.25) is 5.91 Å². The second-order valence-electron chi connectivity index (χ2n) is 9.68. The number of thioether (sulfide) groups is 1. The van der Waals surface area contributed by atoms with E-state index in [1.165, 1.54) is 0 Å². The number of benzene rings is 3. The minimum Gasteiger partial charge on any atom is -0.345 e. The summed E-state index contributed by atoms with van der Waals surface area (Å²) in [5.41, 5.74) is 5.36. The molecule has 2 heterocycles. The Labute approximate surface area is 228 Å². The van der Waals surface area contributed by atoms with Gasteiger partial charge >= 0.3 is 0 Å². The Morgan fingerprint density at radius 1 is 0.895 bits per heavy atom. The van der Waals surface area contributed by atoms with Gasteiger partial charge in [-0.2, -0.15) is 0 Å². The van der Waals surface area contributed by atoms with E-state index in [1.807, 2.05) is 85.7 Å². The van der Waals surface area contributed by atoms with E-state index in [0.717, 1.165) is 41.4 Å². The Bertz CT molecular complexity index is 1400. The summed E-state index contributed by atoms with van der Waals surface area (Å²) in [6.45, 7) is 2.13. The van der Waals surface area contributed by atoms with Crippen LogP contribution in [-0.4, -0.2) is 47.7 Å².